The number of hydrogen-bond acceptors (Lipinski definition) is 8. The molecule has 0 amide bonds. The lowest BCUT2D eigenvalue weighted by Crippen LogP contribution is -2.22. The van der Waals surface area contributed by atoms with Crippen LogP contribution in [0.5, 0.6) is 11.5 Å². The number of hydrogen-bond donors (Lipinski definition) is 0. The summed E-state index contributed by atoms with van der Waals surface area (Å²) in [6, 6.07) is 8.95. The number of carboxylic acid groups (broad SMARTS) is 1. The normalized spacial score (nSPS) is 11.4. The van der Waals surface area contributed by atoms with Gasteiger partial charge in [0, 0.05) is 28.4 Å². The molecule has 2 heterocycles. The Kier molecular flexibility index (Phi) is 5.33. The molecule has 0 saturated carbocycles. The molecule has 0 spiro atoms. The average molecular weight is 371 g/mol. The van der Waals surface area contributed by atoms with E-state index in [9.17, 15) is 9.90 Å². The van der Waals surface area contributed by atoms with Crippen LogP contribution in [0.15, 0.2) is 40.2 Å². The monoisotopic (exact) mass is 371 g/mol. The van der Waals surface area contributed by atoms with Crippen molar-refractivity contribution in [3.63, 3.8) is 0 Å². The van der Waals surface area contributed by atoms with E-state index in [1.165, 1.54) is 18.4 Å². The number of carbonyl (C=O) groups excluding carboxylic acids is 1. The van der Waals surface area contributed by atoms with Crippen LogP contribution in [0.4, 0.5) is 0 Å². The minimum absolute atomic E-state index is 0.132. The molecule has 134 valence electrons. The van der Waals surface area contributed by atoms with E-state index in [1.54, 1.807) is 31.4 Å². The lowest BCUT2D eigenvalue weighted by Gasteiger charge is -2.07. The van der Waals surface area contributed by atoms with E-state index in [-0.39, 0.29) is 12.3 Å². The Labute approximate surface area is 153 Å². The van der Waals surface area contributed by atoms with Gasteiger partial charge >= 0.3 is 0 Å². The fraction of sp³-hybridized carbons (Fsp3) is 0.167. The number of carbonyl (C=O) groups is 1. The summed E-state index contributed by atoms with van der Waals surface area (Å²) in [7, 11) is 3.08. The second kappa shape index (κ2) is 7.83. The zero-order chi connectivity index (χ0) is 18.5. The molecule has 0 radical (unpaired) electrons. The van der Waals surface area contributed by atoms with Gasteiger partial charge in [-0.15, -0.1) is 11.3 Å². The molecule has 0 aliphatic carbocycles. The van der Waals surface area contributed by atoms with E-state index in [2.05, 4.69) is 10.1 Å². The van der Waals surface area contributed by atoms with Gasteiger partial charge in [0.25, 0.3) is 5.89 Å². The summed E-state index contributed by atoms with van der Waals surface area (Å²) in [5.41, 5.74) is 1.04. The summed E-state index contributed by atoms with van der Waals surface area (Å²) in [5, 5.41) is 16.9. The van der Waals surface area contributed by atoms with Crippen LogP contribution in [0.3, 0.4) is 0 Å². The Morgan fingerprint density at radius 2 is 2.08 bits per heavy atom. The van der Waals surface area contributed by atoms with Gasteiger partial charge in [0.1, 0.15) is 0 Å². The smallest absolute Gasteiger partial charge is 0.254 e. The lowest BCUT2D eigenvalue weighted by atomic mass is 10.1. The number of aromatic nitrogens is 2. The van der Waals surface area contributed by atoms with Gasteiger partial charge in [0.05, 0.1) is 14.2 Å². The highest BCUT2D eigenvalue weighted by Gasteiger charge is 2.15. The Morgan fingerprint density at radius 3 is 2.73 bits per heavy atom. The van der Waals surface area contributed by atoms with Crippen molar-refractivity contribution in [2.24, 2.45) is 0 Å². The van der Waals surface area contributed by atoms with Crippen LogP contribution in [0.25, 0.3) is 23.0 Å². The highest BCUT2D eigenvalue weighted by Crippen LogP contribution is 2.32. The molecule has 2 aromatic heterocycles. The van der Waals surface area contributed by atoms with E-state index >= 15 is 0 Å². The van der Waals surface area contributed by atoms with Crippen molar-refractivity contribution in [3.8, 4) is 22.9 Å². The molecule has 0 bridgehead atoms. The van der Waals surface area contributed by atoms with Crippen molar-refractivity contribution >= 4 is 29.0 Å². The van der Waals surface area contributed by atoms with Crippen molar-refractivity contribution in [3.05, 3.63) is 46.5 Å². The molecule has 0 unspecified atom stereocenters. The van der Waals surface area contributed by atoms with Crippen LogP contribution in [0.2, 0.25) is 0 Å². The number of nitrogens with zero attached hydrogens (tertiary/aromatic N) is 2. The third-order valence-corrected chi connectivity index (χ3v) is 4.36. The zero-order valence-electron chi connectivity index (χ0n) is 14.1. The highest BCUT2D eigenvalue weighted by atomic mass is 32.1. The summed E-state index contributed by atoms with van der Waals surface area (Å²) >= 11 is 1.48. The first kappa shape index (κ1) is 17.7. The van der Waals surface area contributed by atoms with Gasteiger partial charge in [-0.05, 0) is 35.7 Å². The second-order valence-electron chi connectivity index (χ2n) is 5.23. The Bertz CT molecular complexity index is 931. The third kappa shape index (κ3) is 3.92. The van der Waals surface area contributed by atoms with Gasteiger partial charge in [0.15, 0.2) is 11.5 Å². The molecule has 3 aromatic rings. The van der Waals surface area contributed by atoms with E-state index < -0.39 is 5.97 Å². The minimum atomic E-state index is -1.22. The number of benzene rings is 1. The van der Waals surface area contributed by atoms with Crippen molar-refractivity contribution < 1.29 is 23.9 Å². The second-order valence-corrected chi connectivity index (χ2v) is 6.21. The molecule has 0 aliphatic rings. The summed E-state index contributed by atoms with van der Waals surface area (Å²) in [5.74, 6) is 0.332. The van der Waals surface area contributed by atoms with E-state index in [4.69, 9.17) is 14.0 Å². The number of methoxy groups -OCH3 is 2. The number of aliphatic carboxylic acids is 1. The van der Waals surface area contributed by atoms with Crippen LogP contribution in [0, 0.1) is 0 Å². The molecule has 8 heteroatoms. The molecule has 0 N–H and O–H groups in total. The predicted octanol–water partition coefficient (Wildman–Crippen LogP) is 2.50. The summed E-state index contributed by atoms with van der Waals surface area (Å²) in [4.78, 5) is 16.3. The first-order valence-electron chi connectivity index (χ1n) is 7.61. The number of thiophene rings is 1. The standard InChI is InChI=1S/C18H16N2O5S/c1-23-14-6-5-11(9-15(14)24-2)17-19-18(25-20-17)12(10-16(21)22)8-13-4-3-7-26-13/h3-9H,10H2,1-2H3,(H,21,22)/p-1. The number of carboxylic acids is 1. The zero-order valence-corrected chi connectivity index (χ0v) is 14.9. The van der Waals surface area contributed by atoms with Crippen LogP contribution in [0.1, 0.15) is 17.2 Å². The van der Waals surface area contributed by atoms with Gasteiger partial charge in [-0.3, -0.25) is 0 Å². The van der Waals surface area contributed by atoms with Crippen LogP contribution < -0.4 is 14.6 Å². The Morgan fingerprint density at radius 1 is 1.27 bits per heavy atom. The average Bonchev–Trinajstić information content (AvgIpc) is 3.32. The molecular formula is C18H15N2O5S-. The van der Waals surface area contributed by atoms with Crippen LogP contribution in [-0.2, 0) is 4.79 Å². The van der Waals surface area contributed by atoms with Crippen molar-refractivity contribution in [2.75, 3.05) is 14.2 Å². The van der Waals surface area contributed by atoms with Crippen LogP contribution >= 0.6 is 11.3 Å². The van der Waals surface area contributed by atoms with E-state index in [1.807, 2.05) is 17.5 Å². The van der Waals surface area contributed by atoms with E-state index in [0.717, 1.165) is 4.88 Å². The van der Waals surface area contributed by atoms with Gasteiger partial charge in [-0.25, -0.2) is 0 Å². The molecule has 26 heavy (non-hydrogen) atoms. The SMILES string of the molecule is COc1ccc(-c2noc(C(=Cc3cccs3)CC(=O)[O-])n2)cc1OC. The van der Waals surface area contributed by atoms with Gasteiger partial charge in [-0.2, -0.15) is 4.98 Å². The summed E-state index contributed by atoms with van der Waals surface area (Å²) < 4.78 is 15.7. The fourth-order valence-corrected chi connectivity index (χ4v) is 3.02. The molecule has 1 aromatic carbocycles. The first-order chi connectivity index (χ1) is 12.6. The van der Waals surface area contributed by atoms with Crippen molar-refractivity contribution in [2.45, 2.75) is 6.42 Å². The lowest BCUT2D eigenvalue weighted by molar-refractivity contribution is -0.304. The fourth-order valence-electron chi connectivity index (χ4n) is 2.34. The number of ether oxygens (including phenoxy) is 2. The topological polar surface area (TPSA) is 97.5 Å². The van der Waals surface area contributed by atoms with Gasteiger partial charge in [0.2, 0.25) is 5.82 Å². The molecule has 0 atom stereocenters. The van der Waals surface area contributed by atoms with Gasteiger partial charge in [-0.1, -0.05) is 11.2 Å². The molecule has 0 fully saturated rings. The van der Waals surface area contributed by atoms with Crippen molar-refractivity contribution in [1.29, 1.82) is 0 Å². The number of rotatable bonds is 7. The maximum absolute atomic E-state index is 11.1. The summed E-state index contributed by atoms with van der Waals surface area (Å²) in [6.45, 7) is 0. The molecule has 3 rings (SSSR count). The first-order valence-corrected chi connectivity index (χ1v) is 8.49. The Hall–Kier alpha value is -3.13. The van der Waals surface area contributed by atoms with E-state index in [0.29, 0.717) is 28.5 Å². The molecular weight excluding hydrogens is 356 g/mol. The maximum atomic E-state index is 11.1. The largest absolute Gasteiger partial charge is 0.550 e. The predicted molar refractivity (Wildman–Crippen MR) is 94.7 cm³/mol. The minimum Gasteiger partial charge on any atom is -0.550 e. The molecule has 7 nitrogen and oxygen atoms in total. The van der Waals surface area contributed by atoms with Crippen LogP contribution in [-0.4, -0.2) is 30.3 Å². The maximum Gasteiger partial charge on any atom is 0.254 e. The molecule has 0 aliphatic heterocycles. The summed E-state index contributed by atoms with van der Waals surface area (Å²) in [6.07, 6.45) is 1.37. The molecule has 0 saturated heterocycles. The highest BCUT2D eigenvalue weighted by molar-refractivity contribution is 7.10. The van der Waals surface area contributed by atoms with Gasteiger partial charge < -0.3 is 23.9 Å². The third-order valence-electron chi connectivity index (χ3n) is 3.54. The van der Waals surface area contributed by atoms with Crippen molar-refractivity contribution in [1.82, 2.24) is 10.1 Å². The quantitative estimate of drug-likeness (QED) is 0.629. The Balaban J connectivity index is 1.95.